The van der Waals surface area contributed by atoms with Crippen molar-refractivity contribution in [2.24, 2.45) is 0 Å². The van der Waals surface area contributed by atoms with Crippen LogP contribution < -0.4 is 9.62 Å². The second-order valence-electron chi connectivity index (χ2n) is 6.32. The molecule has 0 saturated carbocycles. The van der Waals surface area contributed by atoms with Gasteiger partial charge in [0, 0.05) is 5.69 Å². The third-order valence-corrected chi connectivity index (χ3v) is 5.39. The van der Waals surface area contributed by atoms with E-state index < -0.39 is 21.9 Å². The Hall–Kier alpha value is -2.87. The number of benzene rings is 2. The van der Waals surface area contributed by atoms with Gasteiger partial charge in [-0.2, -0.15) is 0 Å². The summed E-state index contributed by atoms with van der Waals surface area (Å²) < 4.78 is 30.4. The van der Waals surface area contributed by atoms with Crippen molar-refractivity contribution >= 4 is 33.3 Å². The molecule has 0 unspecified atom stereocenters. The number of amides is 1. The summed E-state index contributed by atoms with van der Waals surface area (Å²) in [5.41, 5.74) is 2.75. The Morgan fingerprint density at radius 3 is 2.43 bits per heavy atom. The first kappa shape index (κ1) is 21.4. The maximum atomic E-state index is 12.6. The minimum atomic E-state index is -3.68. The van der Waals surface area contributed by atoms with Gasteiger partial charge in [0.1, 0.15) is 6.54 Å². The van der Waals surface area contributed by atoms with Crippen LogP contribution in [0.4, 0.5) is 11.4 Å². The first-order valence-corrected chi connectivity index (χ1v) is 10.6. The van der Waals surface area contributed by atoms with E-state index in [-0.39, 0.29) is 6.54 Å². The number of carbonyl (C=O) groups is 2. The van der Waals surface area contributed by atoms with E-state index in [1.807, 2.05) is 19.1 Å². The van der Waals surface area contributed by atoms with Crippen LogP contribution in [-0.2, 0) is 26.0 Å². The van der Waals surface area contributed by atoms with E-state index in [0.717, 1.165) is 21.7 Å². The molecule has 0 saturated heterocycles. The zero-order valence-electron chi connectivity index (χ0n) is 16.4. The molecule has 0 bridgehead atoms. The number of hydrogen-bond donors (Lipinski definition) is 1. The summed E-state index contributed by atoms with van der Waals surface area (Å²) >= 11 is 0. The molecule has 2 rings (SSSR count). The average molecular weight is 404 g/mol. The van der Waals surface area contributed by atoms with Gasteiger partial charge in [0.15, 0.2) is 0 Å². The molecule has 0 heterocycles. The molecule has 0 atom stereocenters. The molecule has 28 heavy (non-hydrogen) atoms. The van der Waals surface area contributed by atoms with Crippen LogP contribution in [0, 0.1) is 6.92 Å². The number of esters is 1. The molecule has 0 fully saturated rings. The highest BCUT2D eigenvalue weighted by Crippen LogP contribution is 2.24. The highest BCUT2D eigenvalue weighted by molar-refractivity contribution is 7.92. The third kappa shape index (κ3) is 5.10. The number of anilines is 2. The van der Waals surface area contributed by atoms with Gasteiger partial charge < -0.3 is 10.1 Å². The van der Waals surface area contributed by atoms with Crippen LogP contribution in [-0.4, -0.2) is 40.2 Å². The fourth-order valence-corrected chi connectivity index (χ4v) is 3.64. The molecule has 150 valence electrons. The van der Waals surface area contributed by atoms with Gasteiger partial charge in [-0.25, -0.2) is 13.2 Å². The number of nitrogens with one attached hydrogen (secondary N) is 1. The van der Waals surface area contributed by atoms with E-state index in [1.54, 1.807) is 31.2 Å². The molecule has 0 spiro atoms. The molecule has 0 aliphatic carbocycles. The quantitative estimate of drug-likeness (QED) is 0.717. The maximum Gasteiger partial charge on any atom is 0.337 e. The van der Waals surface area contributed by atoms with Crippen molar-refractivity contribution in [1.29, 1.82) is 0 Å². The highest BCUT2D eigenvalue weighted by Gasteiger charge is 2.23. The first-order chi connectivity index (χ1) is 13.2. The average Bonchev–Trinajstić information content (AvgIpc) is 2.66. The predicted molar refractivity (Wildman–Crippen MR) is 109 cm³/mol. The Balaban J connectivity index is 2.30. The summed E-state index contributed by atoms with van der Waals surface area (Å²) in [7, 11) is -2.40. The summed E-state index contributed by atoms with van der Waals surface area (Å²) in [4.78, 5) is 24.3. The molecular formula is C20H24N2O5S. The van der Waals surface area contributed by atoms with E-state index in [4.69, 9.17) is 0 Å². The SMILES string of the molecule is CCc1ccccc1N(CC(=O)Nc1cc(C(=O)OC)ccc1C)S(C)(=O)=O. The molecule has 7 nitrogen and oxygen atoms in total. The molecular weight excluding hydrogens is 380 g/mol. The van der Waals surface area contributed by atoms with Gasteiger partial charge in [-0.05, 0) is 42.7 Å². The van der Waals surface area contributed by atoms with E-state index in [2.05, 4.69) is 10.1 Å². The molecule has 0 aromatic heterocycles. The molecule has 1 N–H and O–H groups in total. The lowest BCUT2D eigenvalue weighted by Crippen LogP contribution is -2.38. The van der Waals surface area contributed by atoms with Crippen molar-refractivity contribution in [3.8, 4) is 0 Å². The van der Waals surface area contributed by atoms with E-state index >= 15 is 0 Å². The topological polar surface area (TPSA) is 92.8 Å². The van der Waals surface area contributed by atoms with Crippen molar-refractivity contribution in [2.45, 2.75) is 20.3 Å². The second-order valence-corrected chi connectivity index (χ2v) is 8.23. The smallest absolute Gasteiger partial charge is 0.337 e. The van der Waals surface area contributed by atoms with Gasteiger partial charge in [-0.3, -0.25) is 9.10 Å². The van der Waals surface area contributed by atoms with Crippen LogP contribution in [0.5, 0.6) is 0 Å². The minimum Gasteiger partial charge on any atom is -0.465 e. The van der Waals surface area contributed by atoms with Crippen LogP contribution in [0.3, 0.4) is 0 Å². The normalized spacial score (nSPS) is 11.0. The van der Waals surface area contributed by atoms with Crippen molar-refractivity contribution in [3.05, 3.63) is 59.2 Å². The highest BCUT2D eigenvalue weighted by atomic mass is 32.2. The summed E-state index contributed by atoms with van der Waals surface area (Å²) in [6.45, 7) is 3.32. The largest absolute Gasteiger partial charge is 0.465 e. The predicted octanol–water partition coefficient (Wildman–Crippen LogP) is 2.75. The summed E-state index contributed by atoms with van der Waals surface area (Å²) in [6.07, 6.45) is 1.69. The van der Waals surface area contributed by atoms with Gasteiger partial charge in [0.05, 0.1) is 24.6 Å². The van der Waals surface area contributed by atoms with E-state index in [9.17, 15) is 18.0 Å². The second kappa shape index (κ2) is 8.88. The number of aryl methyl sites for hydroxylation is 2. The van der Waals surface area contributed by atoms with Crippen LogP contribution >= 0.6 is 0 Å². The van der Waals surface area contributed by atoms with Gasteiger partial charge >= 0.3 is 5.97 Å². The minimum absolute atomic E-state index is 0.291. The van der Waals surface area contributed by atoms with Gasteiger partial charge in [-0.1, -0.05) is 31.2 Å². The Kier molecular flexibility index (Phi) is 6.80. The fraction of sp³-hybridized carbons (Fsp3) is 0.300. The molecule has 0 aliphatic heterocycles. The fourth-order valence-electron chi connectivity index (χ4n) is 2.76. The standard InChI is InChI=1S/C20H24N2O5S/c1-5-15-8-6-7-9-18(15)22(28(4,25)26)13-19(23)21-17-12-16(20(24)27-3)11-10-14(17)2/h6-12H,5,13H2,1-4H3,(H,21,23). The monoisotopic (exact) mass is 404 g/mol. The zero-order chi connectivity index (χ0) is 20.9. The Labute approximate surface area is 165 Å². The summed E-state index contributed by atoms with van der Waals surface area (Å²) in [6, 6.07) is 11.8. The van der Waals surface area contributed by atoms with Crippen molar-refractivity contribution in [3.63, 3.8) is 0 Å². The lowest BCUT2D eigenvalue weighted by Gasteiger charge is -2.24. The van der Waals surface area contributed by atoms with Crippen LogP contribution in [0.1, 0.15) is 28.4 Å². The summed E-state index contributed by atoms with van der Waals surface area (Å²) in [5.74, 6) is -1.04. The van der Waals surface area contributed by atoms with Crippen LogP contribution in [0.2, 0.25) is 0 Å². The number of rotatable bonds is 7. The maximum absolute atomic E-state index is 12.6. The number of nitrogens with zero attached hydrogens (tertiary/aromatic N) is 1. The van der Waals surface area contributed by atoms with Gasteiger partial charge in [0.2, 0.25) is 15.9 Å². The lowest BCUT2D eigenvalue weighted by atomic mass is 10.1. The Bertz CT molecular complexity index is 986. The number of ether oxygens (including phenoxy) is 1. The third-order valence-electron chi connectivity index (χ3n) is 4.26. The van der Waals surface area contributed by atoms with E-state index in [1.165, 1.54) is 13.2 Å². The molecule has 0 radical (unpaired) electrons. The molecule has 2 aromatic carbocycles. The molecule has 1 amide bonds. The number of sulfonamides is 1. The molecule has 0 aliphatic rings. The number of methoxy groups -OCH3 is 1. The zero-order valence-corrected chi connectivity index (χ0v) is 17.2. The number of para-hydroxylation sites is 1. The van der Waals surface area contributed by atoms with Crippen molar-refractivity contribution in [1.82, 2.24) is 0 Å². The Morgan fingerprint density at radius 1 is 1.14 bits per heavy atom. The number of carbonyl (C=O) groups excluding carboxylic acids is 2. The first-order valence-electron chi connectivity index (χ1n) is 8.71. The Morgan fingerprint density at radius 2 is 1.82 bits per heavy atom. The van der Waals surface area contributed by atoms with E-state index in [0.29, 0.717) is 23.4 Å². The van der Waals surface area contributed by atoms with Crippen LogP contribution in [0.25, 0.3) is 0 Å². The molecule has 8 heteroatoms. The molecule has 2 aromatic rings. The number of hydrogen-bond acceptors (Lipinski definition) is 5. The van der Waals surface area contributed by atoms with Crippen LogP contribution in [0.15, 0.2) is 42.5 Å². The van der Waals surface area contributed by atoms with Crippen molar-refractivity contribution in [2.75, 3.05) is 29.5 Å². The van der Waals surface area contributed by atoms with Gasteiger partial charge in [-0.15, -0.1) is 0 Å². The van der Waals surface area contributed by atoms with Crippen molar-refractivity contribution < 1.29 is 22.7 Å². The summed E-state index contributed by atoms with van der Waals surface area (Å²) in [5, 5.41) is 2.69. The van der Waals surface area contributed by atoms with Gasteiger partial charge in [0.25, 0.3) is 0 Å². The lowest BCUT2D eigenvalue weighted by molar-refractivity contribution is -0.114.